The van der Waals surface area contributed by atoms with Gasteiger partial charge in [0, 0.05) is 12.1 Å². The standard InChI is InChI=1S/C15H20F2N2O/c1-9-7-12(14(17)8-13(9)16)15(20)19-10(2)11-3-5-18-6-4-11/h7-8,10-11,18H,3-6H2,1-2H3,(H,19,20). The van der Waals surface area contributed by atoms with Crippen molar-refractivity contribution in [3.05, 3.63) is 34.9 Å². The number of benzene rings is 1. The van der Waals surface area contributed by atoms with Gasteiger partial charge in [0.1, 0.15) is 11.6 Å². The normalized spacial score (nSPS) is 17.8. The van der Waals surface area contributed by atoms with Crippen LogP contribution >= 0.6 is 0 Å². The van der Waals surface area contributed by atoms with Gasteiger partial charge in [0.2, 0.25) is 0 Å². The number of amides is 1. The van der Waals surface area contributed by atoms with Crippen molar-refractivity contribution in [2.75, 3.05) is 13.1 Å². The van der Waals surface area contributed by atoms with Gasteiger partial charge in [-0.25, -0.2) is 8.78 Å². The monoisotopic (exact) mass is 282 g/mol. The van der Waals surface area contributed by atoms with Crippen LogP contribution in [-0.2, 0) is 0 Å². The smallest absolute Gasteiger partial charge is 0.254 e. The van der Waals surface area contributed by atoms with Crippen molar-refractivity contribution >= 4 is 5.91 Å². The second-order valence-electron chi connectivity index (χ2n) is 5.43. The fourth-order valence-electron chi connectivity index (χ4n) is 2.58. The quantitative estimate of drug-likeness (QED) is 0.894. The molecular weight excluding hydrogens is 262 g/mol. The lowest BCUT2D eigenvalue weighted by Gasteiger charge is -2.28. The highest BCUT2D eigenvalue weighted by molar-refractivity contribution is 5.94. The molecule has 110 valence electrons. The predicted molar refractivity (Wildman–Crippen MR) is 73.6 cm³/mol. The van der Waals surface area contributed by atoms with E-state index in [2.05, 4.69) is 10.6 Å². The van der Waals surface area contributed by atoms with Crippen LogP contribution in [-0.4, -0.2) is 25.0 Å². The maximum absolute atomic E-state index is 13.7. The zero-order valence-electron chi connectivity index (χ0n) is 11.8. The van der Waals surface area contributed by atoms with E-state index in [0.717, 1.165) is 32.0 Å². The lowest BCUT2D eigenvalue weighted by Crippen LogP contribution is -2.42. The molecule has 1 saturated heterocycles. The fraction of sp³-hybridized carbons (Fsp3) is 0.533. The van der Waals surface area contributed by atoms with Crippen LogP contribution in [0.5, 0.6) is 0 Å². The molecule has 1 aliphatic rings. The van der Waals surface area contributed by atoms with E-state index in [1.165, 1.54) is 13.0 Å². The highest BCUT2D eigenvalue weighted by atomic mass is 19.1. The molecule has 1 atom stereocenters. The minimum absolute atomic E-state index is 0.0191. The van der Waals surface area contributed by atoms with E-state index in [9.17, 15) is 13.6 Å². The van der Waals surface area contributed by atoms with Gasteiger partial charge in [-0.3, -0.25) is 4.79 Å². The maximum atomic E-state index is 13.7. The zero-order valence-corrected chi connectivity index (χ0v) is 11.8. The van der Waals surface area contributed by atoms with Crippen LogP contribution in [0.3, 0.4) is 0 Å². The lowest BCUT2D eigenvalue weighted by atomic mass is 9.91. The van der Waals surface area contributed by atoms with E-state index in [4.69, 9.17) is 0 Å². The van der Waals surface area contributed by atoms with E-state index in [0.29, 0.717) is 5.92 Å². The Balaban J connectivity index is 2.06. The van der Waals surface area contributed by atoms with Gasteiger partial charge in [0.05, 0.1) is 5.56 Å². The minimum Gasteiger partial charge on any atom is -0.349 e. The number of carbonyl (C=O) groups is 1. The lowest BCUT2D eigenvalue weighted by molar-refractivity contribution is 0.0916. The Hall–Kier alpha value is -1.49. The molecule has 1 aromatic carbocycles. The molecule has 0 bridgehead atoms. The third-order valence-electron chi connectivity index (χ3n) is 3.94. The first-order valence-corrected chi connectivity index (χ1v) is 6.96. The van der Waals surface area contributed by atoms with Crippen molar-refractivity contribution in [1.82, 2.24) is 10.6 Å². The van der Waals surface area contributed by atoms with E-state index in [-0.39, 0.29) is 17.2 Å². The van der Waals surface area contributed by atoms with Crippen LogP contribution in [0.4, 0.5) is 8.78 Å². The van der Waals surface area contributed by atoms with Crippen LogP contribution in [0.1, 0.15) is 35.7 Å². The molecule has 3 nitrogen and oxygen atoms in total. The van der Waals surface area contributed by atoms with Crippen molar-refractivity contribution < 1.29 is 13.6 Å². The van der Waals surface area contributed by atoms with E-state index in [1.54, 1.807) is 0 Å². The molecule has 5 heteroatoms. The van der Waals surface area contributed by atoms with Crippen LogP contribution in [0.15, 0.2) is 12.1 Å². The third kappa shape index (κ3) is 3.33. The van der Waals surface area contributed by atoms with E-state index in [1.807, 2.05) is 6.92 Å². The summed E-state index contributed by atoms with van der Waals surface area (Å²) in [6.45, 7) is 5.33. The van der Waals surface area contributed by atoms with Crippen LogP contribution < -0.4 is 10.6 Å². The number of aryl methyl sites for hydroxylation is 1. The summed E-state index contributed by atoms with van der Waals surface area (Å²) < 4.78 is 26.9. The SMILES string of the molecule is Cc1cc(C(=O)NC(C)C2CCNCC2)c(F)cc1F. The molecule has 20 heavy (non-hydrogen) atoms. The molecule has 1 amide bonds. The van der Waals surface area contributed by atoms with Gasteiger partial charge in [0.15, 0.2) is 0 Å². The molecule has 1 aliphatic heterocycles. The first-order chi connectivity index (χ1) is 9.49. The highest BCUT2D eigenvalue weighted by Crippen LogP contribution is 2.18. The summed E-state index contributed by atoms with van der Waals surface area (Å²) in [6.07, 6.45) is 1.98. The van der Waals surface area contributed by atoms with Gasteiger partial charge in [-0.05, 0) is 57.3 Å². The topological polar surface area (TPSA) is 41.1 Å². The molecule has 0 aliphatic carbocycles. The van der Waals surface area contributed by atoms with Gasteiger partial charge in [0.25, 0.3) is 5.91 Å². The molecule has 1 unspecified atom stereocenters. The molecule has 0 saturated carbocycles. The Kier molecular flexibility index (Phi) is 4.70. The Morgan fingerprint density at radius 1 is 1.30 bits per heavy atom. The zero-order chi connectivity index (χ0) is 14.7. The van der Waals surface area contributed by atoms with Gasteiger partial charge in [-0.15, -0.1) is 0 Å². The predicted octanol–water partition coefficient (Wildman–Crippen LogP) is 2.39. The molecule has 0 radical (unpaired) electrons. The second-order valence-corrected chi connectivity index (χ2v) is 5.43. The van der Waals surface area contributed by atoms with Crippen molar-refractivity contribution in [1.29, 1.82) is 0 Å². The fourth-order valence-corrected chi connectivity index (χ4v) is 2.58. The average Bonchev–Trinajstić information content (AvgIpc) is 2.43. The minimum atomic E-state index is -0.817. The molecule has 1 fully saturated rings. The first-order valence-electron chi connectivity index (χ1n) is 6.96. The summed E-state index contributed by atoms with van der Waals surface area (Å²) in [6, 6.07) is 2.00. The molecular formula is C15H20F2N2O. The molecule has 2 N–H and O–H groups in total. The summed E-state index contributed by atoms with van der Waals surface area (Å²) in [5.74, 6) is -1.53. The number of hydrogen-bond acceptors (Lipinski definition) is 2. The molecule has 0 spiro atoms. The van der Waals surface area contributed by atoms with Crippen molar-refractivity contribution in [3.63, 3.8) is 0 Å². The van der Waals surface area contributed by atoms with Crippen LogP contribution in [0, 0.1) is 24.5 Å². The number of hydrogen-bond donors (Lipinski definition) is 2. The van der Waals surface area contributed by atoms with Crippen molar-refractivity contribution in [2.45, 2.75) is 32.7 Å². The van der Waals surface area contributed by atoms with Gasteiger partial charge in [-0.1, -0.05) is 0 Å². The molecule has 0 aromatic heterocycles. The van der Waals surface area contributed by atoms with Gasteiger partial charge < -0.3 is 10.6 Å². The summed E-state index contributed by atoms with van der Waals surface area (Å²) >= 11 is 0. The van der Waals surface area contributed by atoms with Crippen molar-refractivity contribution in [3.8, 4) is 0 Å². The molecule has 1 aromatic rings. The summed E-state index contributed by atoms with van der Waals surface area (Å²) in [4.78, 5) is 12.1. The van der Waals surface area contributed by atoms with Crippen LogP contribution in [0.2, 0.25) is 0 Å². The number of carbonyl (C=O) groups excluding carboxylic acids is 1. The summed E-state index contributed by atoms with van der Waals surface area (Å²) in [5, 5.41) is 6.09. The van der Waals surface area contributed by atoms with Crippen molar-refractivity contribution in [2.24, 2.45) is 5.92 Å². The van der Waals surface area contributed by atoms with Gasteiger partial charge >= 0.3 is 0 Å². The summed E-state index contributed by atoms with van der Waals surface area (Å²) in [7, 11) is 0. The number of piperidine rings is 1. The number of halogens is 2. The molecule has 2 rings (SSSR count). The highest BCUT2D eigenvalue weighted by Gasteiger charge is 2.23. The van der Waals surface area contributed by atoms with E-state index < -0.39 is 17.5 Å². The summed E-state index contributed by atoms with van der Waals surface area (Å²) in [5.41, 5.74) is 0.177. The average molecular weight is 282 g/mol. The Morgan fingerprint density at radius 3 is 2.60 bits per heavy atom. The van der Waals surface area contributed by atoms with E-state index >= 15 is 0 Å². The Labute approximate surface area is 117 Å². The third-order valence-corrected chi connectivity index (χ3v) is 3.94. The Bertz CT molecular complexity index is 499. The number of nitrogens with one attached hydrogen (secondary N) is 2. The van der Waals surface area contributed by atoms with Gasteiger partial charge in [-0.2, -0.15) is 0 Å². The van der Waals surface area contributed by atoms with Crippen LogP contribution in [0.25, 0.3) is 0 Å². The maximum Gasteiger partial charge on any atom is 0.254 e. The molecule has 1 heterocycles. The first kappa shape index (κ1) is 14.9. The Morgan fingerprint density at radius 2 is 1.95 bits per heavy atom. The number of rotatable bonds is 3. The largest absolute Gasteiger partial charge is 0.349 e. The second kappa shape index (κ2) is 6.31.